The molecule has 1 atom stereocenters. The van der Waals surface area contributed by atoms with Gasteiger partial charge in [-0.2, -0.15) is 0 Å². The van der Waals surface area contributed by atoms with Gasteiger partial charge in [-0.1, -0.05) is 13.8 Å². The molecule has 1 N–H and O–H groups in total. The first-order chi connectivity index (χ1) is 6.29. The minimum Gasteiger partial charge on any atom is -0.378 e. The third-order valence-corrected chi connectivity index (χ3v) is 2.57. The first-order valence-electron chi connectivity index (χ1n) is 5.61. The molecule has 13 heavy (non-hydrogen) atoms. The van der Waals surface area contributed by atoms with Crippen molar-refractivity contribution in [2.24, 2.45) is 5.92 Å². The molecular weight excluding hydrogens is 162 g/mol. The zero-order valence-corrected chi connectivity index (χ0v) is 9.01. The van der Waals surface area contributed by atoms with Gasteiger partial charge in [0, 0.05) is 6.61 Å². The molecule has 78 valence electrons. The van der Waals surface area contributed by atoms with Crippen LogP contribution in [-0.4, -0.2) is 25.8 Å². The predicted molar refractivity (Wildman–Crippen MR) is 55.9 cm³/mol. The number of hydrogen-bond donors (Lipinski definition) is 1. The molecule has 0 aromatic heterocycles. The largest absolute Gasteiger partial charge is 0.378 e. The average Bonchev–Trinajstić information content (AvgIpc) is 2.32. The number of nitrogens with one attached hydrogen (secondary N) is 1. The summed E-state index contributed by atoms with van der Waals surface area (Å²) in [5, 5.41) is 3.40. The molecule has 1 aliphatic rings. The summed E-state index contributed by atoms with van der Waals surface area (Å²) in [6.07, 6.45) is 5.42. The van der Waals surface area contributed by atoms with E-state index in [0.29, 0.717) is 6.10 Å². The van der Waals surface area contributed by atoms with Crippen LogP contribution in [0.5, 0.6) is 0 Å². The van der Waals surface area contributed by atoms with Crippen molar-refractivity contribution in [2.45, 2.75) is 45.6 Å². The van der Waals surface area contributed by atoms with Crippen LogP contribution in [0.1, 0.15) is 39.5 Å². The molecule has 1 heterocycles. The molecule has 0 aliphatic carbocycles. The summed E-state index contributed by atoms with van der Waals surface area (Å²) in [4.78, 5) is 0. The van der Waals surface area contributed by atoms with Gasteiger partial charge in [-0.05, 0) is 44.7 Å². The van der Waals surface area contributed by atoms with Gasteiger partial charge in [0.05, 0.1) is 6.10 Å². The molecule has 0 spiro atoms. The fourth-order valence-corrected chi connectivity index (χ4v) is 1.62. The van der Waals surface area contributed by atoms with E-state index in [1.165, 1.54) is 32.2 Å². The maximum absolute atomic E-state index is 5.83. The molecule has 0 amide bonds. The Hall–Kier alpha value is -0.0800. The highest BCUT2D eigenvalue weighted by atomic mass is 16.5. The van der Waals surface area contributed by atoms with Crippen LogP contribution in [0.3, 0.4) is 0 Å². The molecule has 1 aliphatic heterocycles. The van der Waals surface area contributed by atoms with E-state index in [0.717, 1.165) is 19.1 Å². The molecule has 0 aromatic rings. The Kier molecular flexibility index (Phi) is 5.40. The normalized spacial score (nSPS) is 24.7. The topological polar surface area (TPSA) is 21.3 Å². The van der Waals surface area contributed by atoms with Gasteiger partial charge in [-0.15, -0.1) is 0 Å². The second kappa shape index (κ2) is 6.39. The number of rotatable bonds is 4. The van der Waals surface area contributed by atoms with E-state index in [1.807, 2.05) is 0 Å². The lowest BCUT2D eigenvalue weighted by Gasteiger charge is -2.15. The summed E-state index contributed by atoms with van der Waals surface area (Å²) < 4.78 is 5.83. The predicted octanol–water partition coefficient (Wildman–Crippen LogP) is 2.19. The molecule has 2 heteroatoms. The summed E-state index contributed by atoms with van der Waals surface area (Å²) in [7, 11) is 0. The van der Waals surface area contributed by atoms with E-state index in [1.54, 1.807) is 0 Å². The Labute approximate surface area is 82.0 Å². The van der Waals surface area contributed by atoms with Crippen LogP contribution in [0.4, 0.5) is 0 Å². The second-order valence-corrected chi connectivity index (χ2v) is 4.36. The van der Waals surface area contributed by atoms with Crippen molar-refractivity contribution >= 4 is 0 Å². The molecule has 1 unspecified atom stereocenters. The van der Waals surface area contributed by atoms with Gasteiger partial charge >= 0.3 is 0 Å². The minimum absolute atomic E-state index is 0.522. The van der Waals surface area contributed by atoms with Gasteiger partial charge in [0.25, 0.3) is 0 Å². The molecule has 0 radical (unpaired) electrons. The average molecular weight is 185 g/mol. The molecule has 0 bridgehead atoms. The van der Waals surface area contributed by atoms with Gasteiger partial charge in [0.1, 0.15) is 0 Å². The first-order valence-corrected chi connectivity index (χ1v) is 5.61. The van der Waals surface area contributed by atoms with Crippen LogP contribution < -0.4 is 5.32 Å². The van der Waals surface area contributed by atoms with Crippen molar-refractivity contribution in [1.82, 2.24) is 5.32 Å². The highest BCUT2D eigenvalue weighted by Crippen LogP contribution is 2.10. The van der Waals surface area contributed by atoms with Crippen molar-refractivity contribution in [1.29, 1.82) is 0 Å². The number of ether oxygens (including phenoxy) is 1. The Morgan fingerprint density at radius 3 is 2.92 bits per heavy atom. The van der Waals surface area contributed by atoms with Crippen molar-refractivity contribution < 1.29 is 4.74 Å². The molecular formula is C11H23NO. The van der Waals surface area contributed by atoms with Crippen LogP contribution in [0, 0.1) is 5.92 Å². The lowest BCUT2D eigenvalue weighted by molar-refractivity contribution is 0.0391. The zero-order valence-electron chi connectivity index (χ0n) is 9.01. The molecule has 1 rings (SSSR count). The van der Waals surface area contributed by atoms with Gasteiger partial charge in [-0.3, -0.25) is 0 Å². The molecule has 1 fully saturated rings. The van der Waals surface area contributed by atoms with Gasteiger partial charge in [0.15, 0.2) is 0 Å². The van der Waals surface area contributed by atoms with E-state index < -0.39 is 0 Å². The second-order valence-electron chi connectivity index (χ2n) is 4.36. The van der Waals surface area contributed by atoms with E-state index in [-0.39, 0.29) is 0 Å². The lowest BCUT2D eigenvalue weighted by atomic mass is 10.1. The maximum Gasteiger partial charge on any atom is 0.0587 e. The van der Waals surface area contributed by atoms with E-state index >= 15 is 0 Å². The Balaban J connectivity index is 2.05. The Morgan fingerprint density at radius 2 is 2.15 bits per heavy atom. The highest BCUT2D eigenvalue weighted by Gasteiger charge is 2.11. The SMILES string of the molecule is CC(C)CCOC1CCCNCC1. The van der Waals surface area contributed by atoms with Crippen LogP contribution in [-0.2, 0) is 4.74 Å². The third-order valence-electron chi connectivity index (χ3n) is 2.57. The van der Waals surface area contributed by atoms with Crippen LogP contribution in [0.15, 0.2) is 0 Å². The highest BCUT2D eigenvalue weighted by molar-refractivity contribution is 4.66. The van der Waals surface area contributed by atoms with Crippen molar-refractivity contribution in [3.63, 3.8) is 0 Å². The zero-order chi connectivity index (χ0) is 9.52. The molecule has 0 saturated carbocycles. The Morgan fingerprint density at radius 1 is 1.31 bits per heavy atom. The first kappa shape index (κ1) is 11.0. The van der Waals surface area contributed by atoms with E-state index in [4.69, 9.17) is 4.74 Å². The fourth-order valence-electron chi connectivity index (χ4n) is 1.62. The summed E-state index contributed by atoms with van der Waals surface area (Å²) in [6.45, 7) is 7.74. The number of hydrogen-bond acceptors (Lipinski definition) is 2. The quantitative estimate of drug-likeness (QED) is 0.725. The molecule has 1 saturated heterocycles. The van der Waals surface area contributed by atoms with Crippen LogP contribution >= 0.6 is 0 Å². The van der Waals surface area contributed by atoms with E-state index in [2.05, 4.69) is 19.2 Å². The van der Waals surface area contributed by atoms with Gasteiger partial charge < -0.3 is 10.1 Å². The fraction of sp³-hybridized carbons (Fsp3) is 1.00. The smallest absolute Gasteiger partial charge is 0.0587 e. The summed E-state index contributed by atoms with van der Waals surface area (Å²) >= 11 is 0. The van der Waals surface area contributed by atoms with Crippen molar-refractivity contribution in [3.8, 4) is 0 Å². The summed E-state index contributed by atoms with van der Waals surface area (Å²) in [6, 6.07) is 0. The molecule has 2 nitrogen and oxygen atoms in total. The van der Waals surface area contributed by atoms with E-state index in [9.17, 15) is 0 Å². The van der Waals surface area contributed by atoms with Crippen LogP contribution in [0.25, 0.3) is 0 Å². The summed E-state index contributed by atoms with van der Waals surface area (Å²) in [5.74, 6) is 0.768. The minimum atomic E-state index is 0.522. The molecule has 0 aromatic carbocycles. The monoisotopic (exact) mass is 185 g/mol. The lowest BCUT2D eigenvalue weighted by Crippen LogP contribution is -2.18. The third kappa shape index (κ3) is 5.27. The van der Waals surface area contributed by atoms with Crippen molar-refractivity contribution in [2.75, 3.05) is 19.7 Å². The van der Waals surface area contributed by atoms with Gasteiger partial charge in [0.2, 0.25) is 0 Å². The van der Waals surface area contributed by atoms with Crippen LogP contribution in [0.2, 0.25) is 0 Å². The summed E-state index contributed by atoms with van der Waals surface area (Å²) in [5.41, 5.74) is 0. The van der Waals surface area contributed by atoms with Gasteiger partial charge in [-0.25, -0.2) is 0 Å². The standard InChI is InChI=1S/C11H23NO/c1-10(2)6-9-13-11-4-3-7-12-8-5-11/h10-12H,3-9H2,1-2H3. The Bertz CT molecular complexity index is 117. The maximum atomic E-state index is 5.83. The van der Waals surface area contributed by atoms with Crippen molar-refractivity contribution in [3.05, 3.63) is 0 Å².